The number of hydrogen-bond donors (Lipinski definition) is 1. The van der Waals surface area contributed by atoms with E-state index in [9.17, 15) is 0 Å². The van der Waals surface area contributed by atoms with Crippen molar-refractivity contribution < 1.29 is 9.15 Å². The number of furan rings is 1. The third kappa shape index (κ3) is 4.42. The van der Waals surface area contributed by atoms with Crippen molar-refractivity contribution in [3.8, 4) is 17.1 Å². The maximum Gasteiger partial charge on any atom is 0.247 e. The zero-order chi connectivity index (χ0) is 21.0. The number of halogens is 1. The summed E-state index contributed by atoms with van der Waals surface area (Å²) in [5.74, 6) is 1.79. The number of anilines is 1. The minimum Gasteiger partial charge on any atom is -0.465 e. The maximum absolute atomic E-state index is 6.26. The highest BCUT2D eigenvalue weighted by Gasteiger charge is 2.23. The second-order valence-electron chi connectivity index (χ2n) is 6.73. The van der Waals surface area contributed by atoms with Crippen molar-refractivity contribution in [1.29, 1.82) is 0 Å². The quantitative estimate of drug-likeness (QED) is 0.380. The molecule has 8 heteroatoms. The van der Waals surface area contributed by atoms with Crippen LogP contribution in [-0.2, 0) is 5.75 Å². The molecule has 6 nitrogen and oxygen atoms in total. The van der Waals surface area contributed by atoms with Crippen LogP contribution in [0.15, 0.2) is 82.6 Å². The monoisotopic (exact) mass is 448 g/mol. The standard InChI is InChI=1S/C23H17ClN4O2S/c24-18-9-3-1-6-15(18)14-31-23-26-22-21(27-28-23)17-8-2-4-10-19(17)25-20(30-22)12-11-16-7-5-13-29-16/h1-13,20,25H,14H2/b12-11+/t20-/m1/s1. The van der Waals surface area contributed by atoms with Gasteiger partial charge in [-0.1, -0.05) is 59.8 Å². The first-order chi connectivity index (χ1) is 15.3. The second-order valence-corrected chi connectivity index (χ2v) is 8.08. The van der Waals surface area contributed by atoms with Crippen LogP contribution in [0.1, 0.15) is 11.3 Å². The van der Waals surface area contributed by atoms with Gasteiger partial charge in [-0.25, -0.2) is 0 Å². The van der Waals surface area contributed by atoms with E-state index in [1.54, 1.807) is 6.26 Å². The highest BCUT2D eigenvalue weighted by molar-refractivity contribution is 7.98. The molecule has 0 bridgehead atoms. The minimum atomic E-state index is -0.453. The predicted octanol–water partition coefficient (Wildman–Crippen LogP) is 5.92. The topological polar surface area (TPSA) is 73.1 Å². The summed E-state index contributed by atoms with van der Waals surface area (Å²) in [5.41, 5.74) is 3.39. The normalized spacial score (nSPS) is 14.9. The number of para-hydroxylation sites is 1. The Hall–Kier alpha value is -3.29. The molecule has 1 N–H and O–H groups in total. The summed E-state index contributed by atoms with van der Waals surface area (Å²) in [6.45, 7) is 0. The number of fused-ring (bicyclic) bond motifs is 3. The molecule has 0 saturated carbocycles. The second kappa shape index (κ2) is 8.83. The lowest BCUT2D eigenvalue weighted by atomic mass is 10.1. The van der Waals surface area contributed by atoms with E-state index in [0.29, 0.717) is 22.5 Å². The van der Waals surface area contributed by atoms with E-state index in [-0.39, 0.29) is 0 Å². The Bertz CT molecular complexity index is 1230. The number of aromatic nitrogens is 3. The molecule has 3 heterocycles. The number of nitrogens with one attached hydrogen (secondary N) is 1. The van der Waals surface area contributed by atoms with E-state index in [0.717, 1.165) is 27.6 Å². The predicted molar refractivity (Wildman–Crippen MR) is 122 cm³/mol. The first-order valence-electron chi connectivity index (χ1n) is 9.61. The Labute approximate surface area is 188 Å². The average molecular weight is 449 g/mol. The average Bonchev–Trinajstić information content (AvgIpc) is 3.26. The molecule has 1 aliphatic heterocycles. The van der Waals surface area contributed by atoms with Crippen LogP contribution < -0.4 is 10.1 Å². The van der Waals surface area contributed by atoms with Gasteiger partial charge in [-0.2, -0.15) is 4.98 Å². The first kappa shape index (κ1) is 19.7. The molecule has 154 valence electrons. The molecular weight excluding hydrogens is 432 g/mol. The molecule has 0 saturated heterocycles. The van der Waals surface area contributed by atoms with Gasteiger partial charge in [-0.15, -0.1) is 10.2 Å². The Morgan fingerprint density at radius 2 is 1.90 bits per heavy atom. The summed E-state index contributed by atoms with van der Waals surface area (Å²) in [6, 6.07) is 19.3. The van der Waals surface area contributed by atoms with E-state index in [1.807, 2.05) is 72.8 Å². The van der Waals surface area contributed by atoms with Crippen molar-refractivity contribution >= 4 is 35.1 Å². The zero-order valence-corrected chi connectivity index (χ0v) is 17.8. The lowest BCUT2D eigenvalue weighted by Gasteiger charge is -2.15. The maximum atomic E-state index is 6.26. The molecule has 1 aliphatic rings. The van der Waals surface area contributed by atoms with Gasteiger partial charge in [0.1, 0.15) is 5.76 Å². The molecule has 0 radical (unpaired) electrons. The van der Waals surface area contributed by atoms with Gasteiger partial charge in [0.2, 0.25) is 11.0 Å². The number of ether oxygens (including phenoxy) is 1. The molecule has 0 unspecified atom stereocenters. The minimum absolute atomic E-state index is 0.420. The molecule has 4 aromatic rings. The molecule has 2 aromatic heterocycles. The van der Waals surface area contributed by atoms with Crippen LogP contribution in [0.4, 0.5) is 5.69 Å². The van der Waals surface area contributed by atoms with Crippen molar-refractivity contribution in [3.05, 3.63) is 89.3 Å². The van der Waals surface area contributed by atoms with Gasteiger partial charge in [-0.05, 0) is 42.0 Å². The number of benzene rings is 2. The van der Waals surface area contributed by atoms with Gasteiger partial charge in [0.15, 0.2) is 11.9 Å². The van der Waals surface area contributed by atoms with Gasteiger partial charge >= 0.3 is 0 Å². The van der Waals surface area contributed by atoms with Gasteiger partial charge in [0, 0.05) is 22.0 Å². The van der Waals surface area contributed by atoms with Crippen LogP contribution in [0, 0.1) is 0 Å². The highest BCUT2D eigenvalue weighted by Crippen LogP contribution is 2.37. The molecule has 0 spiro atoms. The van der Waals surface area contributed by atoms with E-state index < -0.39 is 6.23 Å². The summed E-state index contributed by atoms with van der Waals surface area (Å²) in [4.78, 5) is 4.64. The van der Waals surface area contributed by atoms with Crippen LogP contribution in [0.25, 0.3) is 17.3 Å². The van der Waals surface area contributed by atoms with E-state index in [4.69, 9.17) is 20.8 Å². The number of thioether (sulfide) groups is 1. The Morgan fingerprint density at radius 3 is 2.77 bits per heavy atom. The molecule has 5 rings (SSSR count). The summed E-state index contributed by atoms with van der Waals surface area (Å²) in [7, 11) is 0. The van der Waals surface area contributed by atoms with Gasteiger partial charge in [0.25, 0.3) is 0 Å². The van der Waals surface area contributed by atoms with Crippen LogP contribution in [0.5, 0.6) is 5.88 Å². The van der Waals surface area contributed by atoms with Crippen LogP contribution in [0.3, 0.4) is 0 Å². The number of hydrogen-bond acceptors (Lipinski definition) is 7. The lowest BCUT2D eigenvalue weighted by molar-refractivity contribution is 0.266. The van der Waals surface area contributed by atoms with E-state index in [1.165, 1.54) is 11.8 Å². The number of nitrogens with zero attached hydrogens (tertiary/aromatic N) is 3. The fraction of sp³-hybridized carbons (Fsp3) is 0.0870. The van der Waals surface area contributed by atoms with Crippen LogP contribution in [-0.4, -0.2) is 21.4 Å². The largest absolute Gasteiger partial charge is 0.465 e. The smallest absolute Gasteiger partial charge is 0.247 e. The van der Waals surface area contributed by atoms with Gasteiger partial charge in [-0.3, -0.25) is 0 Å². The van der Waals surface area contributed by atoms with Crippen molar-refractivity contribution in [1.82, 2.24) is 15.2 Å². The molecule has 1 atom stereocenters. The summed E-state index contributed by atoms with van der Waals surface area (Å²) in [5, 5.41) is 13.3. The van der Waals surface area contributed by atoms with Crippen LogP contribution in [0.2, 0.25) is 5.02 Å². The van der Waals surface area contributed by atoms with Crippen molar-refractivity contribution in [2.24, 2.45) is 0 Å². The fourth-order valence-corrected chi connectivity index (χ4v) is 4.21. The summed E-state index contributed by atoms with van der Waals surface area (Å²) < 4.78 is 11.5. The molecule has 2 aromatic carbocycles. The third-order valence-corrected chi connectivity index (χ3v) is 5.90. The van der Waals surface area contributed by atoms with Crippen molar-refractivity contribution in [2.75, 3.05) is 5.32 Å². The van der Waals surface area contributed by atoms with Crippen LogP contribution >= 0.6 is 23.4 Å². The van der Waals surface area contributed by atoms with Gasteiger partial charge in [0.05, 0.1) is 6.26 Å². The molecule has 0 amide bonds. The van der Waals surface area contributed by atoms with E-state index in [2.05, 4.69) is 20.5 Å². The van der Waals surface area contributed by atoms with Gasteiger partial charge < -0.3 is 14.5 Å². The fourth-order valence-electron chi connectivity index (χ4n) is 3.14. The Balaban J connectivity index is 1.44. The summed E-state index contributed by atoms with van der Waals surface area (Å²) in [6.07, 6.45) is 4.91. The molecule has 31 heavy (non-hydrogen) atoms. The zero-order valence-electron chi connectivity index (χ0n) is 16.2. The van der Waals surface area contributed by atoms with Crippen molar-refractivity contribution in [3.63, 3.8) is 0 Å². The Morgan fingerprint density at radius 1 is 1.03 bits per heavy atom. The molecular formula is C23H17ClN4O2S. The Kier molecular flexibility index (Phi) is 5.60. The molecule has 0 aliphatic carbocycles. The van der Waals surface area contributed by atoms with Crippen molar-refractivity contribution in [2.45, 2.75) is 17.1 Å². The lowest BCUT2D eigenvalue weighted by Crippen LogP contribution is -2.23. The van der Waals surface area contributed by atoms with E-state index >= 15 is 0 Å². The third-order valence-electron chi connectivity index (χ3n) is 4.65. The first-order valence-corrected chi connectivity index (χ1v) is 11.0. The SMILES string of the molecule is Clc1ccccc1CSc1nnc2c(n1)O[C@H](/C=C/c1ccco1)Nc1ccccc1-2. The molecule has 0 fully saturated rings. The number of rotatable bonds is 5. The highest BCUT2D eigenvalue weighted by atomic mass is 35.5. The summed E-state index contributed by atoms with van der Waals surface area (Å²) >= 11 is 7.72.